The lowest BCUT2D eigenvalue weighted by atomic mass is 9.98. The normalized spacial score (nSPS) is 16.0. The monoisotopic (exact) mass is 510 g/mol. The molecule has 1 saturated heterocycles. The number of anilines is 2. The lowest BCUT2D eigenvalue weighted by Crippen LogP contribution is -2.40. The minimum Gasteiger partial charge on any atom is -0.466 e. The van der Waals surface area contributed by atoms with Crippen LogP contribution in [0.5, 0.6) is 0 Å². The van der Waals surface area contributed by atoms with Crippen molar-refractivity contribution in [2.75, 3.05) is 30.3 Å². The highest BCUT2D eigenvalue weighted by Gasteiger charge is 2.29. The molecule has 0 bridgehead atoms. The van der Waals surface area contributed by atoms with Crippen LogP contribution in [0.1, 0.15) is 19.8 Å². The van der Waals surface area contributed by atoms with E-state index in [0.717, 1.165) is 24.9 Å². The first-order valence-electron chi connectivity index (χ1n) is 11.4. The molecule has 4 aromatic rings. The summed E-state index contributed by atoms with van der Waals surface area (Å²) in [5.41, 5.74) is 9.27. The summed E-state index contributed by atoms with van der Waals surface area (Å²) in [6.07, 6.45) is 1.62. The molecule has 0 saturated carbocycles. The molecule has 8 nitrogen and oxygen atoms in total. The molecule has 1 unspecified atom stereocenters. The largest absolute Gasteiger partial charge is 0.466 e. The van der Waals surface area contributed by atoms with E-state index in [1.54, 1.807) is 22.9 Å². The lowest BCUT2D eigenvalue weighted by Gasteiger charge is -2.31. The van der Waals surface area contributed by atoms with Crippen LogP contribution in [0.15, 0.2) is 48.5 Å². The van der Waals surface area contributed by atoms with Crippen molar-refractivity contribution >= 4 is 52.0 Å². The van der Waals surface area contributed by atoms with Gasteiger partial charge in [-0.3, -0.25) is 4.79 Å². The molecular weight excluding hydrogens is 487 g/mol. The Kier molecular flexibility index (Phi) is 6.49. The smallest absolute Gasteiger partial charge is 0.310 e. The molecule has 0 radical (unpaired) electrons. The van der Waals surface area contributed by atoms with E-state index in [2.05, 4.69) is 0 Å². The van der Waals surface area contributed by atoms with E-state index in [1.165, 1.54) is 0 Å². The molecule has 3 heterocycles. The van der Waals surface area contributed by atoms with E-state index in [1.807, 2.05) is 42.2 Å². The summed E-state index contributed by atoms with van der Waals surface area (Å²) in [7, 11) is 0. The third-order valence-corrected chi connectivity index (χ3v) is 6.82. The number of nitrogen functional groups attached to an aromatic ring is 1. The fourth-order valence-corrected chi connectivity index (χ4v) is 4.66. The molecule has 2 aromatic heterocycles. The lowest BCUT2D eigenvalue weighted by molar-refractivity contribution is -0.148. The molecule has 10 heteroatoms. The summed E-state index contributed by atoms with van der Waals surface area (Å²) in [5, 5.41) is 6.19. The third kappa shape index (κ3) is 4.51. The Bertz CT molecular complexity index is 1390. The van der Waals surface area contributed by atoms with Crippen molar-refractivity contribution in [3.63, 3.8) is 0 Å². The Labute approximate surface area is 212 Å². The minimum atomic E-state index is -0.220. The van der Waals surface area contributed by atoms with E-state index in [4.69, 9.17) is 48.7 Å². The van der Waals surface area contributed by atoms with Gasteiger partial charge in [-0.05, 0) is 38.0 Å². The third-order valence-electron chi connectivity index (χ3n) is 6.08. The van der Waals surface area contributed by atoms with Gasteiger partial charge in [0.1, 0.15) is 5.82 Å². The second-order valence-corrected chi connectivity index (χ2v) is 9.18. The van der Waals surface area contributed by atoms with Crippen molar-refractivity contribution in [2.24, 2.45) is 5.92 Å². The number of benzene rings is 2. The van der Waals surface area contributed by atoms with Crippen molar-refractivity contribution in [3.8, 4) is 16.9 Å². The van der Waals surface area contributed by atoms with E-state index >= 15 is 0 Å². The number of rotatable bonds is 5. The van der Waals surface area contributed by atoms with Crippen LogP contribution < -0.4 is 10.6 Å². The number of carbonyl (C=O) groups excluding carboxylic acids is 1. The molecule has 180 valence electrons. The first-order valence-corrected chi connectivity index (χ1v) is 12.2. The number of halogens is 2. The van der Waals surface area contributed by atoms with E-state index in [9.17, 15) is 4.79 Å². The fraction of sp³-hybridized carbons (Fsp3) is 0.280. The maximum absolute atomic E-state index is 12.4. The Morgan fingerprint density at radius 3 is 2.69 bits per heavy atom. The summed E-state index contributed by atoms with van der Waals surface area (Å²) < 4.78 is 6.85. The molecule has 1 aliphatic heterocycles. The number of hydrogen-bond acceptors (Lipinski definition) is 7. The number of ether oxygens (including phenoxy) is 1. The molecule has 1 aliphatic rings. The van der Waals surface area contributed by atoms with Gasteiger partial charge < -0.3 is 15.4 Å². The summed E-state index contributed by atoms with van der Waals surface area (Å²) in [6.45, 7) is 3.40. The number of nitrogens with zero attached hydrogens (tertiary/aromatic N) is 5. The van der Waals surface area contributed by atoms with E-state index < -0.39 is 0 Å². The molecule has 0 amide bonds. The van der Waals surface area contributed by atoms with E-state index in [0.29, 0.717) is 57.4 Å². The molecule has 1 fully saturated rings. The standard InChI is InChI=1S/C25H24Cl2N6O2/c1-2-35-24(34)16-9-6-12-32(14-16)25-29-21(15-7-4-3-5-8-15)20-22(28)33(31-23(20)30-25)17-10-11-18(26)19(27)13-17/h3-5,7-8,10-11,13,16H,2,6,9,12,14,28H2,1H3. The second-order valence-electron chi connectivity index (χ2n) is 8.37. The predicted octanol–water partition coefficient (Wildman–Crippen LogP) is 5.15. The van der Waals surface area contributed by atoms with Crippen LogP contribution in [0.3, 0.4) is 0 Å². The van der Waals surface area contributed by atoms with Gasteiger partial charge in [-0.2, -0.15) is 4.98 Å². The van der Waals surface area contributed by atoms with Crippen molar-refractivity contribution < 1.29 is 9.53 Å². The summed E-state index contributed by atoms with van der Waals surface area (Å²) in [6, 6.07) is 15.0. The van der Waals surface area contributed by atoms with Crippen LogP contribution in [0.2, 0.25) is 10.0 Å². The Morgan fingerprint density at radius 2 is 1.94 bits per heavy atom. The SMILES string of the molecule is CCOC(=O)C1CCCN(c2nc(-c3ccccc3)c3c(N)n(-c4ccc(Cl)c(Cl)c4)nc3n2)C1. The zero-order valence-electron chi connectivity index (χ0n) is 19.1. The number of fused-ring (bicyclic) bond motifs is 1. The Hall–Kier alpha value is -3.36. The van der Waals surface area contributed by atoms with Crippen LogP contribution in [0.4, 0.5) is 11.8 Å². The maximum atomic E-state index is 12.4. The van der Waals surface area contributed by atoms with Crippen LogP contribution in [0, 0.1) is 5.92 Å². The minimum absolute atomic E-state index is 0.185. The molecule has 2 aromatic carbocycles. The zero-order valence-corrected chi connectivity index (χ0v) is 20.6. The molecule has 2 N–H and O–H groups in total. The van der Waals surface area contributed by atoms with Crippen molar-refractivity contribution in [1.82, 2.24) is 19.7 Å². The predicted molar refractivity (Wildman–Crippen MR) is 138 cm³/mol. The van der Waals surface area contributed by atoms with Crippen molar-refractivity contribution in [1.29, 1.82) is 0 Å². The fourth-order valence-electron chi connectivity index (χ4n) is 4.37. The number of hydrogen-bond donors (Lipinski definition) is 1. The van der Waals surface area contributed by atoms with Gasteiger partial charge >= 0.3 is 5.97 Å². The van der Waals surface area contributed by atoms with Crippen LogP contribution >= 0.6 is 23.2 Å². The average Bonchev–Trinajstić information content (AvgIpc) is 3.22. The molecule has 35 heavy (non-hydrogen) atoms. The average molecular weight is 511 g/mol. The van der Waals surface area contributed by atoms with E-state index in [-0.39, 0.29) is 11.9 Å². The maximum Gasteiger partial charge on any atom is 0.310 e. The molecule has 5 rings (SSSR count). The number of esters is 1. The van der Waals surface area contributed by atoms with Gasteiger partial charge in [0.2, 0.25) is 5.95 Å². The highest BCUT2D eigenvalue weighted by Crippen LogP contribution is 2.35. The van der Waals surface area contributed by atoms with Gasteiger partial charge in [0.05, 0.1) is 39.3 Å². The number of carbonyl (C=O) groups is 1. The summed E-state index contributed by atoms with van der Waals surface area (Å²) >= 11 is 12.3. The van der Waals surface area contributed by atoms with Crippen LogP contribution in [0.25, 0.3) is 28.0 Å². The zero-order chi connectivity index (χ0) is 24.5. The topological polar surface area (TPSA) is 99.2 Å². The van der Waals surface area contributed by atoms with Gasteiger partial charge in [0.25, 0.3) is 0 Å². The quantitative estimate of drug-likeness (QED) is 0.370. The summed E-state index contributed by atoms with van der Waals surface area (Å²) in [4.78, 5) is 24.1. The number of nitrogens with two attached hydrogens (primary N) is 1. The Morgan fingerprint density at radius 1 is 1.14 bits per heavy atom. The first-order chi connectivity index (χ1) is 17.0. The molecule has 1 atom stereocenters. The Balaban J connectivity index is 1.64. The number of aromatic nitrogens is 4. The molecule has 0 aliphatic carbocycles. The van der Waals surface area contributed by atoms with Gasteiger partial charge in [-0.25, -0.2) is 9.67 Å². The van der Waals surface area contributed by atoms with Gasteiger partial charge in [-0.1, -0.05) is 53.5 Å². The number of piperidine rings is 1. The molecular formula is C25H24Cl2N6O2. The van der Waals surface area contributed by atoms with Crippen LogP contribution in [-0.4, -0.2) is 45.4 Å². The second kappa shape index (κ2) is 9.71. The van der Waals surface area contributed by atoms with Gasteiger partial charge in [0, 0.05) is 18.7 Å². The molecule has 0 spiro atoms. The van der Waals surface area contributed by atoms with Gasteiger partial charge in [-0.15, -0.1) is 5.10 Å². The highest BCUT2D eigenvalue weighted by molar-refractivity contribution is 6.42. The van der Waals surface area contributed by atoms with Gasteiger partial charge in [0.15, 0.2) is 5.65 Å². The van der Waals surface area contributed by atoms with Crippen molar-refractivity contribution in [2.45, 2.75) is 19.8 Å². The first kappa shape index (κ1) is 23.4. The highest BCUT2D eigenvalue weighted by atomic mass is 35.5. The van der Waals surface area contributed by atoms with Crippen molar-refractivity contribution in [3.05, 3.63) is 58.6 Å². The summed E-state index contributed by atoms with van der Waals surface area (Å²) in [5.74, 6) is 0.493. The van der Waals surface area contributed by atoms with Crippen LogP contribution in [-0.2, 0) is 9.53 Å².